The zero-order valence-electron chi connectivity index (χ0n) is 11.6. The fraction of sp³-hybridized carbons (Fsp3) is 0.176. The summed E-state index contributed by atoms with van der Waals surface area (Å²) in [5.41, 5.74) is 4.48. The van der Waals surface area contributed by atoms with E-state index in [1.54, 1.807) is 11.9 Å². The zero-order valence-corrected chi connectivity index (χ0v) is 12.5. The van der Waals surface area contributed by atoms with Crippen molar-refractivity contribution < 1.29 is 4.42 Å². The van der Waals surface area contributed by atoms with Crippen molar-refractivity contribution in [2.75, 3.05) is 11.0 Å². The minimum Gasteiger partial charge on any atom is -0.456 e. The summed E-state index contributed by atoms with van der Waals surface area (Å²) in [5, 5.41) is 1.15. The zero-order chi connectivity index (χ0) is 13.9. The van der Waals surface area contributed by atoms with Gasteiger partial charge >= 0.3 is 0 Å². The van der Waals surface area contributed by atoms with Crippen molar-refractivity contribution in [1.82, 2.24) is 0 Å². The molecule has 0 fully saturated rings. The first-order valence-electron chi connectivity index (χ1n) is 6.72. The third kappa shape index (κ3) is 2.41. The summed E-state index contributed by atoms with van der Waals surface area (Å²) in [6, 6.07) is 16.7. The van der Waals surface area contributed by atoms with Crippen molar-refractivity contribution in [3.8, 4) is 11.3 Å². The van der Waals surface area contributed by atoms with E-state index in [0.717, 1.165) is 34.4 Å². The lowest BCUT2D eigenvalue weighted by Crippen LogP contribution is -1.88. The van der Waals surface area contributed by atoms with Crippen molar-refractivity contribution in [3.05, 3.63) is 54.1 Å². The summed E-state index contributed by atoms with van der Waals surface area (Å²) in [4.78, 5) is 0. The van der Waals surface area contributed by atoms with Crippen LogP contribution in [0.15, 0.2) is 52.9 Å². The lowest BCUT2D eigenvalue weighted by atomic mass is 10.1. The summed E-state index contributed by atoms with van der Waals surface area (Å²) in [6.07, 6.45) is 2.99. The van der Waals surface area contributed by atoms with Crippen LogP contribution in [0.1, 0.15) is 12.5 Å². The number of aryl methyl sites for hydroxylation is 1. The van der Waals surface area contributed by atoms with Crippen molar-refractivity contribution >= 4 is 28.6 Å². The van der Waals surface area contributed by atoms with Crippen molar-refractivity contribution in [2.24, 2.45) is 0 Å². The second-order valence-electron chi connectivity index (χ2n) is 4.69. The van der Waals surface area contributed by atoms with Gasteiger partial charge in [-0.2, -0.15) is 0 Å². The number of hydrogen-bond acceptors (Lipinski definition) is 3. The lowest BCUT2D eigenvalue weighted by molar-refractivity contribution is 0.627. The Morgan fingerprint density at radius 3 is 2.60 bits per heavy atom. The Kier molecular flexibility index (Phi) is 3.70. The molecule has 0 spiro atoms. The first-order chi connectivity index (χ1) is 9.81. The smallest absolute Gasteiger partial charge is 0.138 e. The minimum absolute atomic E-state index is 0.927. The Balaban J connectivity index is 2.14. The Morgan fingerprint density at radius 1 is 1.10 bits per heavy atom. The molecule has 1 N–H and O–H groups in total. The normalized spacial score (nSPS) is 10.9. The van der Waals surface area contributed by atoms with E-state index in [4.69, 9.17) is 4.42 Å². The molecule has 0 bridgehead atoms. The third-order valence-corrected chi connectivity index (χ3v) is 3.79. The highest BCUT2D eigenvalue weighted by Gasteiger charge is 2.10. The van der Waals surface area contributed by atoms with Gasteiger partial charge in [-0.15, -0.1) is 0 Å². The van der Waals surface area contributed by atoms with Gasteiger partial charge in [0.2, 0.25) is 0 Å². The highest BCUT2D eigenvalue weighted by atomic mass is 32.2. The average molecular weight is 283 g/mol. The molecule has 2 aromatic carbocycles. The molecule has 1 heterocycles. The standard InChI is InChI=1S/C17H17NOS/c1-3-12-9-15(18-20-2)10-14-11-16(19-17(12)14)13-7-5-4-6-8-13/h4-11,18H,3H2,1-2H3. The van der Waals surface area contributed by atoms with Gasteiger partial charge in [-0.05, 0) is 30.2 Å². The van der Waals surface area contributed by atoms with Gasteiger partial charge in [0, 0.05) is 22.9 Å². The molecule has 0 saturated heterocycles. The molecule has 0 amide bonds. The van der Waals surface area contributed by atoms with E-state index in [2.05, 4.69) is 42.0 Å². The first-order valence-corrected chi connectivity index (χ1v) is 7.95. The molecular formula is C17H17NOS. The minimum atomic E-state index is 0.927. The van der Waals surface area contributed by atoms with Crippen LogP contribution < -0.4 is 4.72 Å². The third-order valence-electron chi connectivity index (χ3n) is 3.35. The number of hydrogen-bond donors (Lipinski definition) is 1. The van der Waals surface area contributed by atoms with Crippen molar-refractivity contribution in [2.45, 2.75) is 13.3 Å². The maximum absolute atomic E-state index is 6.07. The number of benzene rings is 2. The maximum atomic E-state index is 6.07. The number of nitrogens with one attached hydrogen (secondary N) is 1. The molecule has 102 valence electrons. The van der Waals surface area contributed by atoms with Gasteiger partial charge in [0.1, 0.15) is 11.3 Å². The molecule has 0 aliphatic rings. The van der Waals surface area contributed by atoms with Crippen LogP contribution in [0.25, 0.3) is 22.3 Å². The number of rotatable bonds is 4. The molecule has 0 unspecified atom stereocenters. The summed E-state index contributed by atoms with van der Waals surface area (Å²) in [5.74, 6) is 0.927. The fourth-order valence-corrected chi connectivity index (χ4v) is 2.76. The molecule has 20 heavy (non-hydrogen) atoms. The molecule has 0 saturated carbocycles. The molecule has 2 nitrogen and oxygen atoms in total. The van der Waals surface area contributed by atoms with Gasteiger partial charge in [-0.1, -0.05) is 49.2 Å². The summed E-state index contributed by atoms with van der Waals surface area (Å²) >= 11 is 1.61. The van der Waals surface area contributed by atoms with E-state index in [0.29, 0.717) is 0 Å². The molecule has 3 heteroatoms. The van der Waals surface area contributed by atoms with E-state index >= 15 is 0 Å². The molecule has 3 aromatic rings. The number of furan rings is 1. The van der Waals surface area contributed by atoms with E-state index in [1.165, 1.54) is 5.56 Å². The molecule has 0 aliphatic carbocycles. The maximum Gasteiger partial charge on any atom is 0.138 e. The van der Waals surface area contributed by atoms with Gasteiger partial charge in [0.05, 0.1) is 0 Å². The Bertz CT molecular complexity index is 718. The monoisotopic (exact) mass is 283 g/mol. The molecule has 0 atom stereocenters. The molecule has 1 aromatic heterocycles. The van der Waals surface area contributed by atoms with Crippen LogP contribution in [0.4, 0.5) is 5.69 Å². The quantitative estimate of drug-likeness (QED) is 0.653. The summed E-state index contributed by atoms with van der Waals surface area (Å²) in [7, 11) is 0. The number of anilines is 1. The van der Waals surface area contributed by atoms with Crippen molar-refractivity contribution in [3.63, 3.8) is 0 Å². The van der Waals surface area contributed by atoms with Crippen LogP contribution in [-0.4, -0.2) is 6.26 Å². The fourth-order valence-electron chi connectivity index (χ4n) is 2.41. The largest absolute Gasteiger partial charge is 0.456 e. The average Bonchev–Trinajstić information content (AvgIpc) is 2.91. The van der Waals surface area contributed by atoms with Crippen LogP contribution in [0.2, 0.25) is 0 Å². The predicted octanol–water partition coefficient (Wildman–Crippen LogP) is 5.35. The predicted molar refractivity (Wildman–Crippen MR) is 88.2 cm³/mol. The summed E-state index contributed by atoms with van der Waals surface area (Å²) in [6.45, 7) is 2.16. The van der Waals surface area contributed by atoms with Gasteiger partial charge in [0.25, 0.3) is 0 Å². The molecule has 0 radical (unpaired) electrons. The first kappa shape index (κ1) is 13.1. The van der Waals surface area contributed by atoms with Crippen LogP contribution >= 0.6 is 11.9 Å². The Hall–Kier alpha value is -1.87. The lowest BCUT2D eigenvalue weighted by Gasteiger charge is -2.05. The van der Waals surface area contributed by atoms with Gasteiger partial charge < -0.3 is 9.14 Å². The topological polar surface area (TPSA) is 25.2 Å². The Morgan fingerprint density at radius 2 is 1.90 bits per heavy atom. The van der Waals surface area contributed by atoms with E-state index in [-0.39, 0.29) is 0 Å². The van der Waals surface area contributed by atoms with Gasteiger partial charge in [-0.25, -0.2) is 0 Å². The SMILES string of the molecule is CCc1cc(NSC)cc2cc(-c3ccccc3)oc12. The van der Waals surface area contributed by atoms with Gasteiger partial charge in [0.15, 0.2) is 0 Å². The van der Waals surface area contributed by atoms with Crippen LogP contribution in [0.5, 0.6) is 0 Å². The van der Waals surface area contributed by atoms with E-state index < -0.39 is 0 Å². The van der Waals surface area contributed by atoms with Crippen LogP contribution in [0.3, 0.4) is 0 Å². The second-order valence-corrected chi connectivity index (χ2v) is 5.30. The van der Waals surface area contributed by atoms with Crippen LogP contribution in [0, 0.1) is 0 Å². The van der Waals surface area contributed by atoms with Crippen LogP contribution in [-0.2, 0) is 6.42 Å². The molecule has 3 rings (SSSR count). The molecular weight excluding hydrogens is 266 g/mol. The summed E-state index contributed by atoms with van der Waals surface area (Å²) < 4.78 is 9.37. The highest BCUT2D eigenvalue weighted by Crippen LogP contribution is 2.32. The second kappa shape index (κ2) is 5.63. The Labute approximate surface area is 123 Å². The van der Waals surface area contributed by atoms with E-state index in [1.807, 2.05) is 24.5 Å². The van der Waals surface area contributed by atoms with E-state index in [9.17, 15) is 0 Å². The van der Waals surface area contributed by atoms with Gasteiger partial charge in [-0.3, -0.25) is 0 Å². The molecule has 0 aliphatic heterocycles. The number of fused-ring (bicyclic) bond motifs is 1. The highest BCUT2D eigenvalue weighted by molar-refractivity contribution is 7.99. The van der Waals surface area contributed by atoms with Crippen molar-refractivity contribution in [1.29, 1.82) is 0 Å².